The number of benzene rings is 2. The second kappa shape index (κ2) is 4.97. The Hall–Kier alpha value is -2.20. The number of methoxy groups -OCH3 is 2. The zero-order valence-corrected chi connectivity index (χ0v) is 12.7. The molecule has 0 aliphatic heterocycles. The summed E-state index contributed by atoms with van der Waals surface area (Å²) in [6.45, 7) is 0. The Morgan fingerprint density at radius 2 is 1.95 bits per heavy atom. The minimum absolute atomic E-state index is 0.380. The van der Waals surface area contributed by atoms with E-state index < -0.39 is 0 Å². The van der Waals surface area contributed by atoms with Crippen LogP contribution in [0.1, 0.15) is 10.4 Å². The first kappa shape index (κ1) is 13.8. The number of carbonyl (C=O) groups excluding carboxylic acids is 1. The van der Waals surface area contributed by atoms with Gasteiger partial charge in [0.2, 0.25) is 0 Å². The van der Waals surface area contributed by atoms with Crippen molar-refractivity contribution < 1.29 is 14.3 Å². The van der Waals surface area contributed by atoms with Crippen molar-refractivity contribution in [2.24, 2.45) is 7.05 Å². The van der Waals surface area contributed by atoms with Crippen LogP contribution in [0.25, 0.3) is 21.8 Å². The van der Waals surface area contributed by atoms with Crippen LogP contribution in [0.3, 0.4) is 0 Å². The minimum atomic E-state index is -0.380. The third-order valence-electron chi connectivity index (χ3n) is 3.69. The lowest BCUT2D eigenvalue weighted by atomic mass is 10.1. The van der Waals surface area contributed by atoms with Crippen LogP contribution in [0.5, 0.6) is 5.75 Å². The van der Waals surface area contributed by atoms with Crippen molar-refractivity contribution in [1.29, 1.82) is 0 Å². The van der Waals surface area contributed by atoms with Crippen molar-refractivity contribution in [1.82, 2.24) is 4.57 Å². The summed E-state index contributed by atoms with van der Waals surface area (Å²) in [5.41, 5.74) is 2.32. The molecule has 0 aliphatic rings. The number of halogens is 1. The van der Waals surface area contributed by atoms with Crippen LogP contribution in [0, 0.1) is 0 Å². The van der Waals surface area contributed by atoms with E-state index in [1.165, 1.54) is 7.11 Å². The fourth-order valence-corrected chi connectivity index (χ4v) is 2.92. The standard InChI is InChI=1S/C16H14ClNO3/c1-18-12-6-4-9(17)8-11(12)14-10(16(19)21-3)5-7-13(20-2)15(14)18/h4-8H,1-3H3. The van der Waals surface area contributed by atoms with Crippen molar-refractivity contribution in [2.45, 2.75) is 0 Å². The molecule has 3 rings (SSSR count). The summed E-state index contributed by atoms with van der Waals surface area (Å²) in [6, 6.07) is 9.10. The van der Waals surface area contributed by atoms with Gasteiger partial charge in [-0.05, 0) is 30.3 Å². The third-order valence-corrected chi connectivity index (χ3v) is 3.93. The summed E-state index contributed by atoms with van der Waals surface area (Å²) < 4.78 is 12.3. The number of fused-ring (bicyclic) bond motifs is 3. The summed E-state index contributed by atoms with van der Waals surface area (Å²) >= 11 is 6.11. The molecule has 1 heterocycles. The van der Waals surface area contributed by atoms with Crippen LogP contribution in [-0.4, -0.2) is 24.8 Å². The molecule has 1 aromatic heterocycles. The fourth-order valence-electron chi connectivity index (χ4n) is 2.74. The molecular formula is C16H14ClNO3. The molecule has 0 saturated heterocycles. The molecule has 21 heavy (non-hydrogen) atoms. The smallest absolute Gasteiger partial charge is 0.338 e. The highest BCUT2D eigenvalue weighted by Gasteiger charge is 2.20. The van der Waals surface area contributed by atoms with Gasteiger partial charge in [0.1, 0.15) is 5.75 Å². The van der Waals surface area contributed by atoms with Gasteiger partial charge in [-0.2, -0.15) is 0 Å². The monoisotopic (exact) mass is 303 g/mol. The number of carbonyl (C=O) groups is 1. The first-order valence-corrected chi connectivity index (χ1v) is 6.79. The summed E-state index contributed by atoms with van der Waals surface area (Å²) in [4.78, 5) is 12.1. The van der Waals surface area contributed by atoms with Crippen LogP contribution in [0.2, 0.25) is 5.02 Å². The van der Waals surface area contributed by atoms with Gasteiger partial charge in [0.05, 0.1) is 25.3 Å². The van der Waals surface area contributed by atoms with Gasteiger partial charge < -0.3 is 14.0 Å². The number of ether oxygens (including phenoxy) is 2. The average Bonchev–Trinajstić information content (AvgIpc) is 2.79. The predicted molar refractivity (Wildman–Crippen MR) is 83.3 cm³/mol. The van der Waals surface area contributed by atoms with Crippen molar-refractivity contribution in [2.75, 3.05) is 14.2 Å². The van der Waals surface area contributed by atoms with Gasteiger partial charge >= 0.3 is 5.97 Å². The maximum atomic E-state index is 12.1. The number of hydrogen-bond donors (Lipinski definition) is 0. The molecule has 0 radical (unpaired) electrons. The van der Waals surface area contributed by atoms with E-state index >= 15 is 0 Å². The lowest BCUT2D eigenvalue weighted by Crippen LogP contribution is -2.02. The van der Waals surface area contributed by atoms with Gasteiger partial charge in [0, 0.05) is 28.4 Å². The van der Waals surface area contributed by atoms with Crippen molar-refractivity contribution in [3.8, 4) is 5.75 Å². The molecule has 5 heteroatoms. The molecular weight excluding hydrogens is 290 g/mol. The lowest BCUT2D eigenvalue weighted by Gasteiger charge is -2.07. The van der Waals surface area contributed by atoms with E-state index in [2.05, 4.69) is 0 Å². The van der Waals surface area contributed by atoms with Crippen LogP contribution >= 0.6 is 11.6 Å². The van der Waals surface area contributed by atoms with Crippen molar-refractivity contribution in [3.63, 3.8) is 0 Å². The molecule has 2 aromatic carbocycles. The van der Waals surface area contributed by atoms with Gasteiger partial charge in [0.25, 0.3) is 0 Å². The summed E-state index contributed by atoms with van der Waals surface area (Å²) in [5.74, 6) is 0.322. The Balaban J connectivity index is 2.57. The van der Waals surface area contributed by atoms with Crippen molar-refractivity contribution in [3.05, 3.63) is 40.9 Å². The first-order chi connectivity index (χ1) is 10.1. The minimum Gasteiger partial charge on any atom is -0.495 e. The highest BCUT2D eigenvalue weighted by Crippen LogP contribution is 2.37. The number of nitrogens with zero attached hydrogens (tertiary/aromatic N) is 1. The largest absolute Gasteiger partial charge is 0.495 e. The van der Waals surface area contributed by atoms with Crippen molar-refractivity contribution >= 4 is 39.4 Å². The second-order valence-corrected chi connectivity index (χ2v) is 5.19. The number of rotatable bonds is 2. The average molecular weight is 304 g/mol. The van der Waals surface area contributed by atoms with Gasteiger partial charge in [-0.15, -0.1) is 0 Å². The molecule has 0 atom stereocenters. The van der Waals surface area contributed by atoms with E-state index in [1.54, 1.807) is 19.2 Å². The van der Waals surface area contributed by atoms with E-state index in [0.29, 0.717) is 16.3 Å². The van der Waals surface area contributed by atoms with Gasteiger partial charge in [-0.3, -0.25) is 0 Å². The molecule has 0 saturated carbocycles. The molecule has 0 N–H and O–H groups in total. The molecule has 0 bridgehead atoms. The van der Waals surface area contributed by atoms with E-state index in [9.17, 15) is 4.79 Å². The molecule has 0 aliphatic carbocycles. The zero-order chi connectivity index (χ0) is 15.1. The fraction of sp³-hybridized carbons (Fsp3) is 0.188. The number of hydrogen-bond acceptors (Lipinski definition) is 3. The first-order valence-electron chi connectivity index (χ1n) is 6.41. The summed E-state index contributed by atoms with van der Waals surface area (Å²) in [7, 11) is 4.91. The summed E-state index contributed by atoms with van der Waals surface area (Å²) in [5, 5.41) is 2.31. The molecule has 3 aromatic rings. The van der Waals surface area contributed by atoms with E-state index in [-0.39, 0.29) is 5.97 Å². The van der Waals surface area contributed by atoms with E-state index in [0.717, 1.165) is 21.8 Å². The Morgan fingerprint density at radius 1 is 1.19 bits per heavy atom. The summed E-state index contributed by atoms with van der Waals surface area (Å²) in [6.07, 6.45) is 0. The quantitative estimate of drug-likeness (QED) is 0.676. The van der Waals surface area contributed by atoms with Crippen LogP contribution in [0.4, 0.5) is 0 Å². The van der Waals surface area contributed by atoms with E-state index in [1.807, 2.05) is 29.8 Å². The molecule has 0 spiro atoms. The van der Waals surface area contributed by atoms with Gasteiger partial charge in [-0.1, -0.05) is 11.6 Å². The Bertz CT molecular complexity index is 867. The Morgan fingerprint density at radius 3 is 2.62 bits per heavy atom. The third kappa shape index (κ3) is 1.94. The topological polar surface area (TPSA) is 40.5 Å². The van der Waals surface area contributed by atoms with Crippen LogP contribution < -0.4 is 4.74 Å². The number of aryl methyl sites for hydroxylation is 1. The highest BCUT2D eigenvalue weighted by atomic mass is 35.5. The van der Waals surface area contributed by atoms with Gasteiger partial charge in [0.15, 0.2) is 0 Å². The molecule has 0 amide bonds. The predicted octanol–water partition coefficient (Wildman–Crippen LogP) is 3.78. The maximum absolute atomic E-state index is 12.1. The lowest BCUT2D eigenvalue weighted by molar-refractivity contribution is 0.0603. The zero-order valence-electron chi connectivity index (χ0n) is 11.9. The Labute approximate surface area is 126 Å². The highest BCUT2D eigenvalue weighted by molar-refractivity contribution is 6.32. The SMILES string of the molecule is COC(=O)c1ccc(OC)c2c1c1cc(Cl)ccc1n2C. The molecule has 4 nitrogen and oxygen atoms in total. The van der Waals surface area contributed by atoms with Crippen LogP contribution in [0.15, 0.2) is 30.3 Å². The number of aromatic nitrogens is 1. The Kier molecular flexibility index (Phi) is 3.26. The normalized spacial score (nSPS) is 11.0. The van der Waals surface area contributed by atoms with E-state index in [4.69, 9.17) is 21.1 Å². The molecule has 0 fully saturated rings. The van der Waals surface area contributed by atoms with Gasteiger partial charge in [-0.25, -0.2) is 4.79 Å². The maximum Gasteiger partial charge on any atom is 0.338 e. The van der Waals surface area contributed by atoms with Crippen LogP contribution in [-0.2, 0) is 11.8 Å². The second-order valence-electron chi connectivity index (χ2n) is 4.75. The molecule has 0 unspecified atom stereocenters. The number of esters is 1. The molecule has 108 valence electrons.